The Morgan fingerprint density at radius 1 is 1.37 bits per heavy atom. The average molecular weight is 263 g/mol. The SMILES string of the molecule is C=C(\C=C/C(=C\C(C)C)C(=C\CCC)/C(N)=O)OC. The minimum atomic E-state index is -0.409. The Balaban J connectivity index is 5.38. The van der Waals surface area contributed by atoms with E-state index >= 15 is 0 Å². The van der Waals surface area contributed by atoms with E-state index in [-0.39, 0.29) is 0 Å². The lowest BCUT2D eigenvalue weighted by molar-refractivity contribution is -0.114. The molecule has 0 spiro atoms. The van der Waals surface area contributed by atoms with E-state index in [0.717, 1.165) is 18.4 Å². The third-order valence-corrected chi connectivity index (χ3v) is 2.44. The van der Waals surface area contributed by atoms with Crippen LogP contribution in [0.4, 0.5) is 0 Å². The van der Waals surface area contributed by atoms with Crippen LogP contribution in [0.1, 0.15) is 33.6 Å². The quantitative estimate of drug-likeness (QED) is 0.414. The van der Waals surface area contributed by atoms with Gasteiger partial charge in [-0.15, -0.1) is 0 Å². The van der Waals surface area contributed by atoms with Gasteiger partial charge in [0.25, 0.3) is 0 Å². The van der Waals surface area contributed by atoms with Crippen LogP contribution in [-0.4, -0.2) is 13.0 Å². The van der Waals surface area contributed by atoms with Crippen molar-refractivity contribution in [1.82, 2.24) is 0 Å². The Hall–Kier alpha value is -1.77. The molecule has 0 aromatic carbocycles. The van der Waals surface area contributed by atoms with Crippen LogP contribution in [-0.2, 0) is 9.53 Å². The summed E-state index contributed by atoms with van der Waals surface area (Å²) in [6.07, 6.45) is 9.24. The zero-order chi connectivity index (χ0) is 14.8. The highest BCUT2D eigenvalue weighted by molar-refractivity contribution is 5.97. The van der Waals surface area contributed by atoms with E-state index in [1.165, 1.54) is 0 Å². The Morgan fingerprint density at radius 3 is 2.42 bits per heavy atom. The zero-order valence-corrected chi connectivity index (χ0v) is 12.4. The summed E-state index contributed by atoms with van der Waals surface area (Å²) in [5, 5.41) is 0. The van der Waals surface area contributed by atoms with Crippen molar-refractivity contribution in [1.29, 1.82) is 0 Å². The average Bonchev–Trinajstić information content (AvgIpc) is 2.34. The molecule has 0 bridgehead atoms. The van der Waals surface area contributed by atoms with Gasteiger partial charge in [-0.05, 0) is 24.0 Å². The van der Waals surface area contributed by atoms with E-state index in [2.05, 4.69) is 27.4 Å². The molecular weight excluding hydrogens is 238 g/mol. The number of hydrogen-bond donors (Lipinski definition) is 1. The maximum atomic E-state index is 11.6. The first-order chi connectivity index (χ1) is 8.92. The van der Waals surface area contributed by atoms with E-state index in [1.807, 2.05) is 18.2 Å². The number of primary amides is 1. The van der Waals surface area contributed by atoms with Gasteiger partial charge in [-0.2, -0.15) is 0 Å². The number of carbonyl (C=O) groups excluding carboxylic acids is 1. The zero-order valence-electron chi connectivity index (χ0n) is 12.4. The highest BCUT2D eigenvalue weighted by atomic mass is 16.5. The lowest BCUT2D eigenvalue weighted by atomic mass is 9.99. The molecule has 0 rings (SSSR count). The fourth-order valence-corrected chi connectivity index (χ4v) is 1.49. The highest BCUT2D eigenvalue weighted by Gasteiger charge is 2.09. The molecule has 0 aromatic heterocycles. The number of hydrogen-bond acceptors (Lipinski definition) is 2. The Bertz CT molecular complexity index is 401. The molecule has 0 radical (unpaired) electrons. The van der Waals surface area contributed by atoms with Crippen LogP contribution in [0.2, 0.25) is 0 Å². The number of carbonyl (C=O) groups is 1. The topological polar surface area (TPSA) is 52.3 Å². The molecule has 3 nitrogen and oxygen atoms in total. The normalized spacial score (nSPS) is 13.1. The van der Waals surface area contributed by atoms with Gasteiger partial charge in [0.05, 0.1) is 7.11 Å². The summed E-state index contributed by atoms with van der Waals surface area (Å²) in [6, 6.07) is 0. The van der Waals surface area contributed by atoms with Gasteiger partial charge >= 0.3 is 0 Å². The second-order valence-corrected chi connectivity index (χ2v) is 4.64. The summed E-state index contributed by atoms with van der Waals surface area (Å²) in [6.45, 7) is 9.88. The van der Waals surface area contributed by atoms with Crippen molar-refractivity contribution in [3.8, 4) is 0 Å². The monoisotopic (exact) mass is 263 g/mol. The molecule has 3 heteroatoms. The van der Waals surface area contributed by atoms with Crippen molar-refractivity contribution >= 4 is 5.91 Å². The van der Waals surface area contributed by atoms with Crippen LogP contribution < -0.4 is 5.73 Å². The number of allylic oxidation sites excluding steroid dienone is 4. The summed E-state index contributed by atoms with van der Waals surface area (Å²) >= 11 is 0. The summed E-state index contributed by atoms with van der Waals surface area (Å²) in [7, 11) is 1.56. The number of unbranched alkanes of at least 4 members (excludes halogenated alkanes) is 1. The van der Waals surface area contributed by atoms with Crippen LogP contribution >= 0.6 is 0 Å². The van der Waals surface area contributed by atoms with Gasteiger partial charge in [-0.25, -0.2) is 0 Å². The molecular formula is C16H25NO2. The molecule has 2 N–H and O–H groups in total. The molecule has 19 heavy (non-hydrogen) atoms. The third kappa shape index (κ3) is 7.29. The first kappa shape index (κ1) is 17.2. The Labute approximate surface area is 116 Å². The van der Waals surface area contributed by atoms with Gasteiger partial charge in [0.15, 0.2) is 0 Å². The fraction of sp³-hybridized carbons (Fsp3) is 0.438. The smallest absolute Gasteiger partial charge is 0.248 e. The molecule has 0 atom stereocenters. The first-order valence-corrected chi connectivity index (χ1v) is 6.55. The third-order valence-electron chi connectivity index (χ3n) is 2.44. The van der Waals surface area contributed by atoms with Crippen LogP contribution in [0.5, 0.6) is 0 Å². The fourth-order valence-electron chi connectivity index (χ4n) is 1.49. The van der Waals surface area contributed by atoms with Crippen molar-refractivity contribution in [2.24, 2.45) is 11.7 Å². The predicted octanol–water partition coefficient (Wildman–Crippen LogP) is 3.50. The molecule has 0 aliphatic heterocycles. The van der Waals surface area contributed by atoms with E-state index in [4.69, 9.17) is 10.5 Å². The molecule has 0 unspecified atom stereocenters. The van der Waals surface area contributed by atoms with Crippen LogP contribution in [0, 0.1) is 5.92 Å². The van der Waals surface area contributed by atoms with E-state index in [9.17, 15) is 4.79 Å². The molecule has 1 amide bonds. The summed E-state index contributed by atoms with van der Waals surface area (Å²) < 4.78 is 4.98. The number of amides is 1. The molecule has 0 aliphatic carbocycles. The minimum absolute atomic E-state index is 0.319. The van der Waals surface area contributed by atoms with Crippen molar-refractivity contribution in [3.05, 3.63) is 47.8 Å². The molecule has 0 heterocycles. The van der Waals surface area contributed by atoms with E-state index < -0.39 is 5.91 Å². The van der Waals surface area contributed by atoms with Gasteiger partial charge in [-0.1, -0.05) is 52.0 Å². The Kier molecular flexibility index (Phi) is 8.34. The summed E-state index contributed by atoms with van der Waals surface area (Å²) in [4.78, 5) is 11.6. The largest absolute Gasteiger partial charge is 0.497 e. The Morgan fingerprint density at radius 2 is 2.00 bits per heavy atom. The standard InChI is InChI=1S/C16H25NO2/c1-6-7-8-15(16(17)18)14(11-12(2)3)10-9-13(4)19-5/h8-12H,4,6-7H2,1-3,5H3,(H2,17,18)/b10-9-,14-11+,15-8+. The lowest BCUT2D eigenvalue weighted by Crippen LogP contribution is -2.15. The maximum Gasteiger partial charge on any atom is 0.248 e. The molecule has 0 saturated carbocycles. The molecule has 0 saturated heterocycles. The summed E-state index contributed by atoms with van der Waals surface area (Å²) in [5.74, 6) is 0.446. The van der Waals surface area contributed by atoms with Crippen LogP contribution in [0.15, 0.2) is 47.8 Å². The maximum absolute atomic E-state index is 11.6. The second-order valence-electron chi connectivity index (χ2n) is 4.64. The molecule has 0 fully saturated rings. The number of ether oxygens (including phenoxy) is 1. The van der Waals surface area contributed by atoms with Crippen molar-refractivity contribution in [2.45, 2.75) is 33.6 Å². The van der Waals surface area contributed by atoms with E-state index in [1.54, 1.807) is 13.2 Å². The summed E-state index contributed by atoms with van der Waals surface area (Å²) in [5.41, 5.74) is 6.82. The van der Waals surface area contributed by atoms with Crippen molar-refractivity contribution < 1.29 is 9.53 Å². The van der Waals surface area contributed by atoms with Crippen LogP contribution in [0.3, 0.4) is 0 Å². The van der Waals surface area contributed by atoms with Crippen molar-refractivity contribution in [2.75, 3.05) is 7.11 Å². The molecule has 0 aliphatic rings. The van der Waals surface area contributed by atoms with Gasteiger partial charge in [0.1, 0.15) is 5.76 Å². The second kappa shape index (κ2) is 9.20. The van der Waals surface area contributed by atoms with Crippen LogP contribution in [0.25, 0.3) is 0 Å². The highest BCUT2D eigenvalue weighted by Crippen LogP contribution is 2.17. The van der Waals surface area contributed by atoms with Gasteiger partial charge in [0, 0.05) is 5.57 Å². The van der Waals surface area contributed by atoms with Gasteiger partial charge in [0.2, 0.25) is 5.91 Å². The number of rotatable bonds is 8. The lowest BCUT2D eigenvalue weighted by Gasteiger charge is -2.08. The minimum Gasteiger partial charge on any atom is -0.497 e. The first-order valence-electron chi connectivity index (χ1n) is 6.55. The molecule has 0 aromatic rings. The number of methoxy groups -OCH3 is 1. The number of nitrogens with two attached hydrogens (primary N) is 1. The van der Waals surface area contributed by atoms with Gasteiger partial charge in [-0.3, -0.25) is 4.79 Å². The van der Waals surface area contributed by atoms with E-state index in [0.29, 0.717) is 17.3 Å². The van der Waals surface area contributed by atoms with Gasteiger partial charge < -0.3 is 10.5 Å². The van der Waals surface area contributed by atoms with Crippen molar-refractivity contribution in [3.63, 3.8) is 0 Å². The molecule has 106 valence electrons. The predicted molar refractivity (Wildman–Crippen MR) is 80.4 cm³/mol.